The summed E-state index contributed by atoms with van der Waals surface area (Å²) in [5.74, 6) is -0.174. The van der Waals surface area contributed by atoms with Gasteiger partial charge in [-0.25, -0.2) is 9.82 Å². The zero-order valence-corrected chi connectivity index (χ0v) is 9.66. The van der Waals surface area contributed by atoms with Gasteiger partial charge in [-0.15, -0.1) is 0 Å². The first-order valence-electron chi connectivity index (χ1n) is 5.32. The van der Waals surface area contributed by atoms with E-state index in [0.29, 0.717) is 23.4 Å². The predicted octanol–water partition coefficient (Wildman–Crippen LogP) is 1.69. The number of nitrogens with zero attached hydrogens (tertiary/aromatic N) is 1. The molecule has 5 heteroatoms. The minimum absolute atomic E-state index is 0.0911. The molecule has 4 nitrogen and oxygen atoms in total. The molecular weight excluding hydrogens is 223 g/mol. The maximum Gasteiger partial charge on any atom is 0.240 e. The number of ether oxygens (including phenoxy) is 1. The predicted molar refractivity (Wildman–Crippen MR) is 61.4 cm³/mol. The molecule has 0 fully saturated rings. The molecule has 2 rings (SSSR count). The maximum atomic E-state index is 13.8. The van der Waals surface area contributed by atoms with E-state index in [-0.39, 0.29) is 11.8 Å². The van der Waals surface area contributed by atoms with E-state index in [1.54, 1.807) is 12.1 Å². The van der Waals surface area contributed by atoms with Crippen molar-refractivity contribution in [3.8, 4) is 5.75 Å². The fraction of sp³-hybridized carbons (Fsp3) is 0.333. The van der Waals surface area contributed by atoms with Crippen LogP contribution >= 0.6 is 0 Å². The first kappa shape index (κ1) is 11.6. The molecular formula is C12H13FN2O2. The third kappa shape index (κ3) is 2.27. The van der Waals surface area contributed by atoms with Crippen molar-refractivity contribution >= 4 is 11.6 Å². The summed E-state index contributed by atoms with van der Waals surface area (Å²) in [4.78, 5) is 11.1. The number of benzene rings is 1. The second-order valence-corrected chi connectivity index (χ2v) is 3.98. The van der Waals surface area contributed by atoms with E-state index in [9.17, 15) is 9.18 Å². The Labute approximate surface area is 98.5 Å². The second-order valence-electron chi connectivity index (χ2n) is 3.98. The van der Waals surface area contributed by atoms with Gasteiger partial charge in [0.25, 0.3) is 0 Å². The Hall–Kier alpha value is -1.91. The van der Waals surface area contributed by atoms with Crippen LogP contribution in [0, 0.1) is 11.7 Å². The van der Waals surface area contributed by atoms with Crippen LogP contribution in [0.4, 0.5) is 4.39 Å². The van der Waals surface area contributed by atoms with Crippen LogP contribution in [0.15, 0.2) is 23.3 Å². The van der Waals surface area contributed by atoms with E-state index >= 15 is 0 Å². The Bertz CT molecular complexity index is 485. The molecule has 90 valence electrons. The van der Waals surface area contributed by atoms with Crippen molar-refractivity contribution in [3.63, 3.8) is 0 Å². The van der Waals surface area contributed by atoms with E-state index in [2.05, 4.69) is 10.5 Å². The van der Waals surface area contributed by atoms with Gasteiger partial charge in [0.15, 0.2) is 0 Å². The lowest BCUT2D eigenvalue weighted by atomic mass is 9.94. The quantitative estimate of drug-likeness (QED) is 0.849. The van der Waals surface area contributed by atoms with Crippen molar-refractivity contribution in [1.82, 2.24) is 5.43 Å². The molecule has 0 aliphatic carbocycles. The van der Waals surface area contributed by atoms with E-state index in [0.717, 1.165) is 0 Å². The zero-order chi connectivity index (χ0) is 12.4. The lowest BCUT2D eigenvalue weighted by Gasteiger charge is -2.19. The summed E-state index contributed by atoms with van der Waals surface area (Å²) in [5.41, 5.74) is 3.33. The number of hydrazone groups is 1. The highest BCUT2D eigenvalue weighted by Gasteiger charge is 2.23. The standard InChI is InChI=1S/C12H13FN2O2/c1-7-5-11(16)14-15-12(7)9-4-3-8(17-2)6-10(9)13/h3-4,6-7H,5H2,1-2H3,(H,14,16). The van der Waals surface area contributed by atoms with Gasteiger partial charge in [0.05, 0.1) is 12.8 Å². The molecule has 1 aliphatic heterocycles. The molecule has 0 radical (unpaired) electrons. The Morgan fingerprint density at radius 3 is 2.88 bits per heavy atom. The molecule has 1 N–H and O–H groups in total. The number of hydrogen-bond donors (Lipinski definition) is 1. The first-order valence-corrected chi connectivity index (χ1v) is 5.32. The lowest BCUT2D eigenvalue weighted by Crippen LogP contribution is -2.32. The van der Waals surface area contributed by atoms with E-state index in [1.165, 1.54) is 13.2 Å². The lowest BCUT2D eigenvalue weighted by molar-refractivity contribution is -0.121. The summed E-state index contributed by atoms with van der Waals surface area (Å²) >= 11 is 0. The zero-order valence-electron chi connectivity index (χ0n) is 9.66. The van der Waals surface area contributed by atoms with Crippen molar-refractivity contribution in [2.75, 3.05) is 7.11 Å². The molecule has 1 heterocycles. The van der Waals surface area contributed by atoms with Gasteiger partial charge in [0, 0.05) is 24.0 Å². The highest BCUT2D eigenvalue weighted by Crippen LogP contribution is 2.22. The van der Waals surface area contributed by atoms with Crippen LogP contribution in [0.2, 0.25) is 0 Å². The van der Waals surface area contributed by atoms with Crippen LogP contribution in [0.1, 0.15) is 18.9 Å². The van der Waals surface area contributed by atoms with Crippen molar-refractivity contribution in [2.45, 2.75) is 13.3 Å². The Balaban J connectivity index is 2.37. The minimum Gasteiger partial charge on any atom is -0.497 e. The molecule has 0 aromatic heterocycles. The largest absolute Gasteiger partial charge is 0.497 e. The third-order valence-electron chi connectivity index (χ3n) is 2.71. The number of nitrogens with one attached hydrogen (secondary N) is 1. The summed E-state index contributed by atoms with van der Waals surface area (Å²) in [6.45, 7) is 1.85. The van der Waals surface area contributed by atoms with E-state index in [4.69, 9.17) is 4.74 Å². The van der Waals surface area contributed by atoms with Crippen LogP contribution in [-0.2, 0) is 4.79 Å². The molecule has 0 saturated heterocycles. The average molecular weight is 236 g/mol. The van der Waals surface area contributed by atoms with Crippen molar-refractivity contribution < 1.29 is 13.9 Å². The van der Waals surface area contributed by atoms with Gasteiger partial charge in [-0.1, -0.05) is 6.92 Å². The molecule has 1 unspecified atom stereocenters. The third-order valence-corrected chi connectivity index (χ3v) is 2.71. The number of amides is 1. The summed E-state index contributed by atoms with van der Waals surface area (Å²) < 4.78 is 18.8. The SMILES string of the molecule is COc1ccc(C2=NNC(=O)CC2C)c(F)c1. The monoisotopic (exact) mass is 236 g/mol. The number of halogens is 1. The fourth-order valence-corrected chi connectivity index (χ4v) is 1.81. The highest BCUT2D eigenvalue weighted by atomic mass is 19.1. The van der Waals surface area contributed by atoms with Crippen LogP contribution in [0.25, 0.3) is 0 Å². The second kappa shape index (κ2) is 4.53. The molecule has 0 saturated carbocycles. The smallest absolute Gasteiger partial charge is 0.240 e. The number of rotatable bonds is 2. The minimum atomic E-state index is -0.397. The molecule has 0 bridgehead atoms. The Kier molecular flexibility index (Phi) is 3.08. The van der Waals surface area contributed by atoms with Crippen molar-refractivity contribution in [2.24, 2.45) is 11.0 Å². The number of hydrogen-bond acceptors (Lipinski definition) is 3. The summed E-state index contributed by atoms with van der Waals surface area (Å²) in [5, 5.41) is 3.91. The number of carbonyl (C=O) groups excluding carboxylic acids is 1. The van der Waals surface area contributed by atoms with Crippen LogP contribution in [0.3, 0.4) is 0 Å². The first-order chi connectivity index (χ1) is 8.11. The van der Waals surface area contributed by atoms with E-state index < -0.39 is 5.82 Å². The van der Waals surface area contributed by atoms with Crippen molar-refractivity contribution in [1.29, 1.82) is 0 Å². The molecule has 17 heavy (non-hydrogen) atoms. The summed E-state index contributed by atoms with van der Waals surface area (Å²) in [6, 6.07) is 4.59. The fourth-order valence-electron chi connectivity index (χ4n) is 1.81. The van der Waals surface area contributed by atoms with Gasteiger partial charge in [-0.2, -0.15) is 5.10 Å². The average Bonchev–Trinajstić information content (AvgIpc) is 2.30. The van der Waals surface area contributed by atoms with Crippen molar-refractivity contribution in [3.05, 3.63) is 29.6 Å². The number of methoxy groups -OCH3 is 1. The van der Waals surface area contributed by atoms with Gasteiger partial charge in [0.1, 0.15) is 11.6 Å². The number of carbonyl (C=O) groups is 1. The molecule has 1 amide bonds. The molecule has 1 aromatic carbocycles. The van der Waals surface area contributed by atoms with E-state index in [1.807, 2.05) is 6.92 Å². The molecule has 1 aromatic rings. The normalized spacial score (nSPS) is 19.6. The Morgan fingerprint density at radius 2 is 2.29 bits per heavy atom. The molecule has 1 atom stereocenters. The van der Waals surface area contributed by atoms with Gasteiger partial charge >= 0.3 is 0 Å². The highest BCUT2D eigenvalue weighted by molar-refractivity contribution is 6.05. The summed E-state index contributed by atoms with van der Waals surface area (Å²) in [7, 11) is 1.48. The van der Waals surface area contributed by atoms with Crippen LogP contribution in [0.5, 0.6) is 5.75 Å². The van der Waals surface area contributed by atoms with Gasteiger partial charge in [-0.3, -0.25) is 4.79 Å². The topological polar surface area (TPSA) is 50.7 Å². The van der Waals surface area contributed by atoms with Gasteiger partial charge < -0.3 is 4.74 Å². The molecule has 1 aliphatic rings. The van der Waals surface area contributed by atoms with Gasteiger partial charge in [-0.05, 0) is 12.1 Å². The van der Waals surface area contributed by atoms with Crippen LogP contribution < -0.4 is 10.2 Å². The Morgan fingerprint density at radius 1 is 1.53 bits per heavy atom. The van der Waals surface area contributed by atoms with Gasteiger partial charge in [0.2, 0.25) is 5.91 Å². The maximum absolute atomic E-state index is 13.8. The van der Waals surface area contributed by atoms with Crippen LogP contribution in [-0.4, -0.2) is 18.7 Å². The molecule has 0 spiro atoms. The summed E-state index contributed by atoms with van der Waals surface area (Å²) in [6.07, 6.45) is 0.324.